The van der Waals surface area contributed by atoms with E-state index in [0.29, 0.717) is 6.61 Å². The van der Waals surface area contributed by atoms with Crippen molar-refractivity contribution < 1.29 is 4.74 Å². The molecule has 14 heavy (non-hydrogen) atoms. The maximum Gasteiger partial charge on any atom is 0.219 e. The lowest BCUT2D eigenvalue weighted by Gasteiger charge is -2.09. The maximum absolute atomic E-state index is 5.48. The topological polar surface area (TPSA) is 47.0 Å². The summed E-state index contributed by atoms with van der Waals surface area (Å²) in [4.78, 5) is 8.45. The first-order valence-electron chi connectivity index (χ1n) is 5.08. The van der Waals surface area contributed by atoms with Crippen molar-refractivity contribution in [1.29, 1.82) is 0 Å². The minimum Gasteiger partial charge on any atom is -0.478 e. The molecule has 0 amide bonds. The van der Waals surface area contributed by atoms with Gasteiger partial charge in [0.25, 0.3) is 0 Å². The summed E-state index contributed by atoms with van der Waals surface area (Å²) >= 11 is 0. The molecule has 0 aromatic carbocycles. The highest BCUT2D eigenvalue weighted by Gasteiger charge is 2.14. The average molecular weight is 193 g/mol. The lowest BCUT2D eigenvalue weighted by Crippen LogP contribution is -2.16. The Labute approximate surface area is 83.7 Å². The first kappa shape index (κ1) is 9.40. The van der Waals surface area contributed by atoms with E-state index in [1.807, 2.05) is 6.92 Å². The van der Waals surface area contributed by atoms with Crippen LogP contribution in [-0.2, 0) is 12.8 Å². The van der Waals surface area contributed by atoms with Crippen LogP contribution in [0.3, 0.4) is 0 Å². The van der Waals surface area contributed by atoms with Gasteiger partial charge < -0.3 is 10.1 Å². The van der Waals surface area contributed by atoms with E-state index in [-0.39, 0.29) is 0 Å². The zero-order valence-electron chi connectivity index (χ0n) is 8.42. The van der Waals surface area contributed by atoms with Crippen LogP contribution in [0.5, 0.6) is 5.88 Å². The monoisotopic (exact) mass is 193 g/mol. The molecule has 1 aliphatic heterocycles. The van der Waals surface area contributed by atoms with E-state index in [0.717, 1.165) is 37.5 Å². The summed E-state index contributed by atoms with van der Waals surface area (Å²) in [6.07, 6.45) is 3.53. The van der Waals surface area contributed by atoms with E-state index >= 15 is 0 Å². The molecule has 1 aromatic rings. The summed E-state index contributed by atoms with van der Waals surface area (Å²) in [6.45, 7) is 4.62. The van der Waals surface area contributed by atoms with Crippen LogP contribution in [0.4, 0.5) is 0 Å². The van der Waals surface area contributed by atoms with E-state index < -0.39 is 0 Å². The number of nitrogens with zero attached hydrogens (tertiary/aromatic N) is 2. The Balaban J connectivity index is 2.32. The van der Waals surface area contributed by atoms with Gasteiger partial charge in [-0.15, -0.1) is 0 Å². The van der Waals surface area contributed by atoms with Gasteiger partial charge in [0.2, 0.25) is 5.88 Å². The molecule has 0 bridgehead atoms. The van der Waals surface area contributed by atoms with Crippen LogP contribution >= 0.6 is 0 Å². The number of ether oxygens (including phenoxy) is 1. The molecule has 0 fully saturated rings. The van der Waals surface area contributed by atoms with Crippen LogP contribution in [0, 0.1) is 0 Å². The second-order valence-corrected chi connectivity index (χ2v) is 3.29. The van der Waals surface area contributed by atoms with Crippen molar-refractivity contribution in [2.24, 2.45) is 0 Å². The van der Waals surface area contributed by atoms with Crippen molar-refractivity contribution in [3.63, 3.8) is 0 Å². The number of hydrogen-bond acceptors (Lipinski definition) is 4. The lowest BCUT2D eigenvalue weighted by molar-refractivity contribution is 0.321. The highest BCUT2D eigenvalue weighted by atomic mass is 16.5. The first-order valence-corrected chi connectivity index (χ1v) is 5.08. The molecule has 0 spiro atoms. The zero-order chi connectivity index (χ0) is 9.80. The summed E-state index contributed by atoms with van der Waals surface area (Å²) in [5.41, 5.74) is 2.31. The molecule has 0 atom stereocenters. The van der Waals surface area contributed by atoms with E-state index in [1.165, 1.54) is 5.56 Å². The second kappa shape index (κ2) is 4.37. The molecule has 1 N–H and O–H groups in total. The average Bonchev–Trinajstić information content (AvgIpc) is 2.44. The van der Waals surface area contributed by atoms with Crippen LogP contribution < -0.4 is 10.1 Å². The van der Waals surface area contributed by atoms with Crippen LogP contribution in [0.2, 0.25) is 0 Å². The minimum absolute atomic E-state index is 0.664. The highest BCUT2D eigenvalue weighted by Crippen LogP contribution is 2.19. The largest absolute Gasteiger partial charge is 0.478 e. The lowest BCUT2D eigenvalue weighted by atomic mass is 10.1. The zero-order valence-corrected chi connectivity index (χ0v) is 8.42. The van der Waals surface area contributed by atoms with E-state index in [4.69, 9.17) is 4.74 Å². The van der Waals surface area contributed by atoms with Crippen LogP contribution in [0.15, 0.2) is 6.33 Å². The number of aromatic nitrogens is 2. The summed E-state index contributed by atoms with van der Waals surface area (Å²) in [6, 6.07) is 0. The number of fused-ring (bicyclic) bond motifs is 1. The molecule has 4 nitrogen and oxygen atoms in total. The molecule has 0 radical (unpaired) electrons. The summed E-state index contributed by atoms with van der Waals surface area (Å²) in [5, 5.41) is 3.34. The van der Waals surface area contributed by atoms with Crippen molar-refractivity contribution >= 4 is 0 Å². The molecule has 0 saturated carbocycles. The Morgan fingerprint density at radius 3 is 3.07 bits per heavy atom. The van der Waals surface area contributed by atoms with Crippen molar-refractivity contribution in [2.45, 2.75) is 19.8 Å². The maximum atomic E-state index is 5.48. The van der Waals surface area contributed by atoms with E-state index in [2.05, 4.69) is 15.3 Å². The Bertz CT molecular complexity index is 314. The van der Waals surface area contributed by atoms with E-state index in [9.17, 15) is 0 Å². The SMILES string of the molecule is CCOc1ncnc2c1CCNCC2. The molecule has 1 aliphatic rings. The predicted octanol–water partition coefficient (Wildman–Crippen LogP) is 0.563. The number of nitrogens with one attached hydrogen (secondary N) is 1. The minimum atomic E-state index is 0.664. The van der Waals surface area contributed by atoms with Crippen LogP contribution in [0.1, 0.15) is 18.2 Å². The standard InChI is InChI=1S/C10H15N3O/c1-2-14-10-8-3-5-11-6-4-9(8)12-7-13-10/h7,11H,2-6H2,1H3. The van der Waals surface area contributed by atoms with Gasteiger partial charge in [0.15, 0.2) is 0 Å². The molecule has 0 unspecified atom stereocenters. The Kier molecular flexibility index (Phi) is 2.93. The van der Waals surface area contributed by atoms with Crippen molar-refractivity contribution in [1.82, 2.24) is 15.3 Å². The van der Waals surface area contributed by atoms with Gasteiger partial charge in [-0.1, -0.05) is 0 Å². The predicted molar refractivity (Wildman–Crippen MR) is 53.5 cm³/mol. The molecular formula is C10H15N3O. The molecule has 1 aromatic heterocycles. The van der Waals surface area contributed by atoms with Crippen molar-refractivity contribution in [3.8, 4) is 5.88 Å². The Morgan fingerprint density at radius 2 is 2.21 bits per heavy atom. The van der Waals surface area contributed by atoms with Gasteiger partial charge in [-0.3, -0.25) is 0 Å². The fourth-order valence-electron chi connectivity index (χ4n) is 1.70. The summed E-state index contributed by atoms with van der Waals surface area (Å²) in [7, 11) is 0. The van der Waals surface area contributed by atoms with Gasteiger partial charge in [0.1, 0.15) is 6.33 Å². The molecular weight excluding hydrogens is 178 g/mol. The quantitative estimate of drug-likeness (QED) is 0.745. The van der Waals surface area contributed by atoms with Gasteiger partial charge >= 0.3 is 0 Å². The second-order valence-electron chi connectivity index (χ2n) is 3.29. The number of hydrogen-bond donors (Lipinski definition) is 1. The Hall–Kier alpha value is -1.16. The third-order valence-corrected chi connectivity index (χ3v) is 2.37. The van der Waals surface area contributed by atoms with Gasteiger partial charge in [0, 0.05) is 18.5 Å². The molecule has 0 saturated heterocycles. The molecule has 2 heterocycles. The Morgan fingerprint density at radius 1 is 1.36 bits per heavy atom. The van der Waals surface area contributed by atoms with Crippen molar-refractivity contribution in [3.05, 3.63) is 17.6 Å². The van der Waals surface area contributed by atoms with Crippen molar-refractivity contribution in [2.75, 3.05) is 19.7 Å². The van der Waals surface area contributed by atoms with Gasteiger partial charge in [-0.25, -0.2) is 9.97 Å². The molecule has 76 valence electrons. The van der Waals surface area contributed by atoms with E-state index in [1.54, 1.807) is 6.33 Å². The third kappa shape index (κ3) is 1.85. The van der Waals surface area contributed by atoms with Crippen LogP contribution in [0.25, 0.3) is 0 Å². The fourth-order valence-corrected chi connectivity index (χ4v) is 1.70. The van der Waals surface area contributed by atoms with Crippen LogP contribution in [-0.4, -0.2) is 29.7 Å². The summed E-state index contributed by atoms with van der Waals surface area (Å²) < 4.78 is 5.48. The smallest absolute Gasteiger partial charge is 0.219 e. The van der Waals surface area contributed by atoms with Gasteiger partial charge in [0.05, 0.1) is 12.3 Å². The molecule has 4 heteroatoms. The molecule has 0 aliphatic carbocycles. The third-order valence-electron chi connectivity index (χ3n) is 2.37. The highest BCUT2D eigenvalue weighted by molar-refractivity contribution is 5.31. The summed E-state index contributed by atoms with van der Waals surface area (Å²) in [5.74, 6) is 0.765. The number of rotatable bonds is 2. The molecule has 2 rings (SSSR count). The first-order chi connectivity index (χ1) is 6.92. The fraction of sp³-hybridized carbons (Fsp3) is 0.600. The normalized spacial score (nSPS) is 15.8. The van der Waals surface area contributed by atoms with Gasteiger partial charge in [-0.2, -0.15) is 0 Å². The van der Waals surface area contributed by atoms with Gasteiger partial charge in [-0.05, 0) is 19.9 Å².